The minimum atomic E-state index is 0.0249. The second-order valence-corrected chi connectivity index (χ2v) is 5.70. The van der Waals surface area contributed by atoms with Crippen LogP contribution in [-0.2, 0) is 6.54 Å². The first kappa shape index (κ1) is 12.8. The Balaban J connectivity index is 2.09. The number of thiophene rings is 1. The molecule has 1 amide bonds. The molecule has 0 aliphatic carbocycles. The highest BCUT2D eigenvalue weighted by atomic mass is 32.1. The van der Waals surface area contributed by atoms with Crippen LogP contribution in [0.25, 0.3) is 0 Å². The number of hydrogen-bond donors (Lipinski definition) is 0. The number of carbonyl (C=O) groups is 1. The van der Waals surface area contributed by atoms with Gasteiger partial charge in [0.05, 0.1) is 11.4 Å². The first-order valence-electron chi connectivity index (χ1n) is 5.72. The number of rotatable bonds is 3. The molecule has 0 aliphatic heterocycles. The van der Waals surface area contributed by atoms with E-state index < -0.39 is 0 Å². The van der Waals surface area contributed by atoms with Crippen molar-refractivity contribution in [3.05, 3.63) is 38.9 Å². The highest BCUT2D eigenvalue weighted by molar-refractivity contribution is 7.14. The Bertz CT molecular complexity index is 552. The van der Waals surface area contributed by atoms with Crippen LogP contribution >= 0.6 is 11.3 Å². The van der Waals surface area contributed by atoms with Crippen molar-refractivity contribution in [1.29, 1.82) is 0 Å². The summed E-state index contributed by atoms with van der Waals surface area (Å²) in [5.41, 5.74) is 1.93. The van der Waals surface area contributed by atoms with Crippen LogP contribution in [0.4, 0.5) is 0 Å². The van der Waals surface area contributed by atoms with E-state index in [1.54, 1.807) is 11.9 Å². The fourth-order valence-corrected chi connectivity index (χ4v) is 2.70. The molecule has 0 spiro atoms. The van der Waals surface area contributed by atoms with Gasteiger partial charge in [-0.3, -0.25) is 4.79 Å². The first-order valence-corrected chi connectivity index (χ1v) is 6.53. The summed E-state index contributed by atoms with van der Waals surface area (Å²) in [6.07, 6.45) is 0. The molecule has 0 aromatic carbocycles. The Morgan fingerprint density at radius 2 is 2.11 bits per heavy atom. The number of carbonyl (C=O) groups excluding carboxylic acids is 1. The summed E-state index contributed by atoms with van der Waals surface area (Å²) in [5.74, 6) is 0.783. The van der Waals surface area contributed by atoms with Crippen LogP contribution in [0.3, 0.4) is 0 Å². The lowest BCUT2D eigenvalue weighted by atomic mass is 10.2. The van der Waals surface area contributed by atoms with Gasteiger partial charge in [-0.15, -0.1) is 11.3 Å². The zero-order chi connectivity index (χ0) is 13.3. The molecule has 4 nitrogen and oxygen atoms in total. The number of nitrogens with zero attached hydrogens (tertiary/aromatic N) is 2. The topological polar surface area (TPSA) is 46.3 Å². The van der Waals surface area contributed by atoms with Gasteiger partial charge in [-0.2, -0.15) is 0 Å². The van der Waals surface area contributed by atoms with Crippen molar-refractivity contribution in [2.45, 2.75) is 27.3 Å². The molecule has 2 heterocycles. The lowest BCUT2D eigenvalue weighted by Gasteiger charge is -2.13. The normalized spacial score (nSPS) is 10.7. The standard InChI is InChI=1S/C13H16N2O2S/c1-8-5-12(18-10(8)3)13(16)15(4)7-11-6-9(2)17-14-11/h5-6H,7H2,1-4H3. The van der Waals surface area contributed by atoms with Crippen molar-refractivity contribution < 1.29 is 9.32 Å². The van der Waals surface area contributed by atoms with Gasteiger partial charge in [0.25, 0.3) is 5.91 Å². The molecule has 0 saturated heterocycles. The molecule has 0 bridgehead atoms. The third-order valence-corrected chi connectivity index (χ3v) is 3.94. The first-order chi connectivity index (χ1) is 8.47. The van der Waals surface area contributed by atoms with Gasteiger partial charge in [0, 0.05) is 18.0 Å². The Morgan fingerprint density at radius 3 is 2.61 bits per heavy atom. The van der Waals surface area contributed by atoms with Crippen molar-refractivity contribution in [3.63, 3.8) is 0 Å². The zero-order valence-corrected chi connectivity index (χ0v) is 11.8. The van der Waals surface area contributed by atoms with Crippen LogP contribution in [0, 0.1) is 20.8 Å². The van der Waals surface area contributed by atoms with E-state index in [4.69, 9.17) is 4.52 Å². The Morgan fingerprint density at radius 1 is 1.39 bits per heavy atom. The Hall–Kier alpha value is -1.62. The molecule has 2 aromatic heterocycles. The van der Waals surface area contributed by atoms with E-state index in [0.717, 1.165) is 21.9 Å². The van der Waals surface area contributed by atoms with Crippen LogP contribution in [-0.4, -0.2) is 23.0 Å². The van der Waals surface area contributed by atoms with E-state index in [1.165, 1.54) is 16.2 Å². The number of hydrogen-bond acceptors (Lipinski definition) is 4. The van der Waals surface area contributed by atoms with Gasteiger partial charge in [-0.1, -0.05) is 5.16 Å². The van der Waals surface area contributed by atoms with Crippen molar-refractivity contribution in [3.8, 4) is 0 Å². The van der Waals surface area contributed by atoms with Gasteiger partial charge in [0.15, 0.2) is 0 Å². The summed E-state index contributed by atoms with van der Waals surface area (Å²) in [6.45, 7) is 6.35. The fraction of sp³-hybridized carbons (Fsp3) is 0.385. The van der Waals surface area contributed by atoms with Crippen molar-refractivity contribution in [2.24, 2.45) is 0 Å². The van der Waals surface area contributed by atoms with Crippen LogP contribution in [0.5, 0.6) is 0 Å². The van der Waals surface area contributed by atoms with Crippen LogP contribution in [0.2, 0.25) is 0 Å². The van der Waals surface area contributed by atoms with Gasteiger partial charge in [-0.25, -0.2) is 0 Å². The molecule has 0 N–H and O–H groups in total. The maximum atomic E-state index is 12.2. The number of aryl methyl sites for hydroxylation is 3. The molecule has 18 heavy (non-hydrogen) atoms. The minimum absolute atomic E-state index is 0.0249. The number of amides is 1. The average molecular weight is 264 g/mol. The van der Waals surface area contributed by atoms with Gasteiger partial charge in [0.1, 0.15) is 11.5 Å². The van der Waals surface area contributed by atoms with E-state index in [9.17, 15) is 4.79 Å². The Labute approximate surface area is 110 Å². The monoisotopic (exact) mass is 264 g/mol. The third-order valence-electron chi connectivity index (χ3n) is 2.80. The SMILES string of the molecule is Cc1cc(CN(C)C(=O)c2cc(C)c(C)s2)no1. The summed E-state index contributed by atoms with van der Waals surface area (Å²) < 4.78 is 4.99. The van der Waals surface area contributed by atoms with Gasteiger partial charge >= 0.3 is 0 Å². The molecular formula is C13H16N2O2S. The van der Waals surface area contributed by atoms with Gasteiger partial charge < -0.3 is 9.42 Å². The van der Waals surface area contributed by atoms with Gasteiger partial charge in [0.2, 0.25) is 0 Å². The maximum Gasteiger partial charge on any atom is 0.264 e. The predicted octanol–water partition coefficient (Wildman–Crippen LogP) is 2.93. The number of aromatic nitrogens is 1. The molecule has 5 heteroatoms. The average Bonchev–Trinajstić information content (AvgIpc) is 2.85. The van der Waals surface area contributed by atoms with Crippen LogP contribution < -0.4 is 0 Å². The molecule has 0 atom stereocenters. The van der Waals surface area contributed by atoms with Crippen LogP contribution in [0.15, 0.2) is 16.7 Å². The molecule has 0 radical (unpaired) electrons. The molecule has 96 valence electrons. The molecular weight excluding hydrogens is 248 g/mol. The summed E-state index contributed by atoms with van der Waals surface area (Å²) >= 11 is 1.53. The summed E-state index contributed by atoms with van der Waals surface area (Å²) in [7, 11) is 1.77. The molecule has 0 saturated carbocycles. The fourth-order valence-electron chi connectivity index (χ4n) is 1.67. The lowest BCUT2D eigenvalue weighted by Crippen LogP contribution is -2.25. The lowest BCUT2D eigenvalue weighted by molar-refractivity contribution is 0.0787. The van der Waals surface area contributed by atoms with E-state index in [2.05, 4.69) is 5.16 Å². The second kappa shape index (κ2) is 4.94. The second-order valence-electron chi connectivity index (χ2n) is 4.44. The third kappa shape index (κ3) is 2.61. The molecule has 0 unspecified atom stereocenters. The largest absolute Gasteiger partial charge is 0.361 e. The minimum Gasteiger partial charge on any atom is -0.361 e. The molecule has 0 aliphatic rings. The van der Waals surface area contributed by atoms with Gasteiger partial charge in [-0.05, 0) is 32.4 Å². The molecule has 2 aromatic rings. The highest BCUT2D eigenvalue weighted by Crippen LogP contribution is 2.22. The van der Waals surface area contributed by atoms with E-state index in [1.807, 2.05) is 32.9 Å². The van der Waals surface area contributed by atoms with Crippen LogP contribution in [0.1, 0.15) is 31.6 Å². The highest BCUT2D eigenvalue weighted by Gasteiger charge is 2.16. The van der Waals surface area contributed by atoms with E-state index in [0.29, 0.717) is 6.54 Å². The zero-order valence-electron chi connectivity index (χ0n) is 11.0. The smallest absolute Gasteiger partial charge is 0.264 e. The quantitative estimate of drug-likeness (QED) is 0.856. The van der Waals surface area contributed by atoms with Crippen molar-refractivity contribution in [2.75, 3.05) is 7.05 Å². The van der Waals surface area contributed by atoms with Crippen molar-refractivity contribution in [1.82, 2.24) is 10.1 Å². The molecule has 2 rings (SSSR count). The van der Waals surface area contributed by atoms with Crippen molar-refractivity contribution >= 4 is 17.2 Å². The van der Waals surface area contributed by atoms with E-state index in [-0.39, 0.29) is 5.91 Å². The summed E-state index contributed by atoms with van der Waals surface area (Å²) in [6, 6.07) is 3.78. The summed E-state index contributed by atoms with van der Waals surface area (Å²) in [5, 5.41) is 3.89. The maximum absolute atomic E-state index is 12.2. The Kier molecular flexibility index (Phi) is 3.52. The van der Waals surface area contributed by atoms with E-state index >= 15 is 0 Å². The predicted molar refractivity (Wildman–Crippen MR) is 70.8 cm³/mol. The summed E-state index contributed by atoms with van der Waals surface area (Å²) in [4.78, 5) is 15.8. The molecule has 0 fully saturated rings.